The number of benzene rings is 1. The van der Waals surface area contributed by atoms with Crippen LogP contribution in [0, 0.1) is 6.92 Å². The minimum absolute atomic E-state index is 0.00642. The van der Waals surface area contributed by atoms with Gasteiger partial charge in [0.05, 0.1) is 18.7 Å². The van der Waals surface area contributed by atoms with Gasteiger partial charge >= 0.3 is 5.97 Å². The highest BCUT2D eigenvalue weighted by Crippen LogP contribution is 2.23. The molecule has 0 saturated heterocycles. The summed E-state index contributed by atoms with van der Waals surface area (Å²) in [6.45, 7) is 2.71. The van der Waals surface area contributed by atoms with E-state index in [0.29, 0.717) is 12.3 Å². The van der Waals surface area contributed by atoms with Crippen molar-refractivity contribution in [1.29, 1.82) is 0 Å². The van der Waals surface area contributed by atoms with Gasteiger partial charge in [-0.3, -0.25) is 4.79 Å². The van der Waals surface area contributed by atoms with Gasteiger partial charge in [0.1, 0.15) is 10.1 Å². The summed E-state index contributed by atoms with van der Waals surface area (Å²) in [5, 5.41) is 10.5. The number of rotatable bonds is 8. The van der Waals surface area contributed by atoms with Crippen molar-refractivity contribution in [1.82, 2.24) is 4.98 Å². The van der Waals surface area contributed by atoms with Crippen LogP contribution in [0.4, 0.5) is 0 Å². The van der Waals surface area contributed by atoms with E-state index in [-0.39, 0.29) is 6.42 Å². The highest BCUT2D eigenvalue weighted by atomic mass is 32.2. The minimum Gasteiger partial charge on any atom is -0.494 e. The van der Waals surface area contributed by atoms with Crippen LogP contribution in [0.3, 0.4) is 0 Å². The Morgan fingerprint density at radius 1 is 1.48 bits per heavy atom. The molecule has 0 bridgehead atoms. The maximum Gasteiger partial charge on any atom is 0.309 e. The number of aliphatic carboxylic acids is 1. The lowest BCUT2D eigenvalue weighted by atomic mass is 10.2. The van der Waals surface area contributed by atoms with Gasteiger partial charge in [-0.25, -0.2) is 4.98 Å². The fraction of sp³-hybridized carbons (Fsp3) is 0.333. The van der Waals surface area contributed by atoms with Gasteiger partial charge in [0.2, 0.25) is 0 Å². The highest BCUT2D eigenvalue weighted by Gasteiger charge is 2.06. The van der Waals surface area contributed by atoms with Crippen molar-refractivity contribution < 1.29 is 14.6 Å². The van der Waals surface area contributed by atoms with Crippen LogP contribution in [-0.2, 0) is 11.2 Å². The second-order valence-corrected chi connectivity index (χ2v) is 6.74. The predicted molar refractivity (Wildman–Crippen MR) is 85.5 cm³/mol. The lowest BCUT2D eigenvalue weighted by Crippen LogP contribution is -2.00. The first-order valence-electron chi connectivity index (χ1n) is 6.62. The van der Waals surface area contributed by atoms with Gasteiger partial charge in [0, 0.05) is 11.1 Å². The molecule has 1 N–H and O–H groups in total. The van der Waals surface area contributed by atoms with Crippen molar-refractivity contribution in [2.45, 2.75) is 24.1 Å². The Morgan fingerprint density at radius 3 is 3.10 bits per heavy atom. The van der Waals surface area contributed by atoms with Crippen molar-refractivity contribution >= 4 is 29.1 Å². The van der Waals surface area contributed by atoms with Crippen LogP contribution in [0.5, 0.6) is 5.75 Å². The third-order valence-corrected chi connectivity index (χ3v) is 4.79. The first-order chi connectivity index (χ1) is 10.1. The van der Waals surface area contributed by atoms with Crippen LogP contribution in [0.1, 0.15) is 17.7 Å². The lowest BCUT2D eigenvalue weighted by Gasteiger charge is -2.06. The monoisotopic (exact) mass is 323 g/mol. The van der Waals surface area contributed by atoms with E-state index in [4.69, 9.17) is 9.84 Å². The predicted octanol–water partition coefficient (Wildman–Crippen LogP) is 3.64. The molecule has 0 radical (unpaired) electrons. The molecule has 0 amide bonds. The van der Waals surface area contributed by atoms with E-state index >= 15 is 0 Å². The zero-order valence-electron chi connectivity index (χ0n) is 11.7. The summed E-state index contributed by atoms with van der Waals surface area (Å²) in [5.41, 5.74) is 1.82. The molecule has 4 nitrogen and oxygen atoms in total. The van der Waals surface area contributed by atoms with Gasteiger partial charge in [0.15, 0.2) is 0 Å². The maximum atomic E-state index is 10.6. The average molecular weight is 323 g/mol. The largest absolute Gasteiger partial charge is 0.494 e. The average Bonchev–Trinajstić information content (AvgIpc) is 2.85. The van der Waals surface area contributed by atoms with Gasteiger partial charge in [-0.05, 0) is 31.0 Å². The van der Waals surface area contributed by atoms with E-state index in [0.717, 1.165) is 22.3 Å². The Morgan fingerprint density at radius 2 is 2.33 bits per heavy atom. The third-order valence-electron chi connectivity index (χ3n) is 2.64. The molecular weight excluding hydrogens is 306 g/mol. The molecule has 1 aromatic carbocycles. The number of hydrogen-bond donors (Lipinski definition) is 1. The van der Waals surface area contributed by atoms with Gasteiger partial charge in [-0.1, -0.05) is 23.9 Å². The Bertz CT molecular complexity index is 598. The second kappa shape index (κ2) is 8.05. The number of carboxylic acids is 1. The smallest absolute Gasteiger partial charge is 0.309 e. The summed E-state index contributed by atoms with van der Waals surface area (Å²) in [7, 11) is 0. The van der Waals surface area contributed by atoms with Crippen LogP contribution in [-0.4, -0.2) is 28.4 Å². The van der Waals surface area contributed by atoms with Gasteiger partial charge in [-0.15, -0.1) is 11.3 Å². The lowest BCUT2D eigenvalue weighted by molar-refractivity contribution is -0.136. The molecule has 0 aliphatic heterocycles. The Kier molecular flexibility index (Phi) is 6.07. The summed E-state index contributed by atoms with van der Waals surface area (Å²) in [4.78, 5) is 14.9. The number of hydrogen-bond acceptors (Lipinski definition) is 5. The molecule has 2 aromatic rings. The fourth-order valence-electron chi connectivity index (χ4n) is 1.70. The van der Waals surface area contributed by atoms with Crippen molar-refractivity contribution in [3.05, 3.63) is 40.9 Å². The molecule has 0 unspecified atom stereocenters. The molecule has 21 heavy (non-hydrogen) atoms. The molecule has 112 valence electrons. The van der Waals surface area contributed by atoms with Crippen LogP contribution < -0.4 is 4.74 Å². The Hall–Kier alpha value is -1.53. The molecule has 1 aromatic heterocycles. The van der Waals surface area contributed by atoms with Gasteiger partial charge < -0.3 is 9.84 Å². The first kappa shape index (κ1) is 15.9. The molecule has 6 heteroatoms. The van der Waals surface area contributed by atoms with Gasteiger partial charge in [-0.2, -0.15) is 0 Å². The molecule has 0 saturated carbocycles. The van der Waals surface area contributed by atoms with Crippen LogP contribution in [0.15, 0.2) is 34.0 Å². The van der Waals surface area contributed by atoms with Crippen molar-refractivity contribution in [3.8, 4) is 5.75 Å². The zero-order valence-corrected chi connectivity index (χ0v) is 13.4. The summed E-state index contributed by atoms with van der Waals surface area (Å²) >= 11 is 3.14. The SMILES string of the molecule is Cc1cccc(OCCCSc2nc(CC(=O)O)cs2)c1. The number of carboxylic acid groups (broad SMARTS) is 1. The van der Waals surface area contributed by atoms with E-state index in [2.05, 4.69) is 4.98 Å². The molecule has 1 heterocycles. The summed E-state index contributed by atoms with van der Waals surface area (Å²) in [6.07, 6.45) is 0.917. The Labute approximate surface area is 132 Å². The normalized spacial score (nSPS) is 10.5. The van der Waals surface area contributed by atoms with Crippen molar-refractivity contribution in [2.75, 3.05) is 12.4 Å². The van der Waals surface area contributed by atoms with E-state index in [1.54, 1.807) is 17.1 Å². The Balaban J connectivity index is 1.65. The number of aromatic nitrogens is 1. The van der Waals surface area contributed by atoms with E-state index in [9.17, 15) is 4.79 Å². The summed E-state index contributed by atoms with van der Waals surface area (Å²) in [5.74, 6) is 0.965. The van der Waals surface area contributed by atoms with Crippen LogP contribution >= 0.6 is 23.1 Å². The number of aryl methyl sites for hydroxylation is 1. The van der Waals surface area contributed by atoms with E-state index in [1.807, 2.05) is 31.2 Å². The molecule has 0 atom stereocenters. The van der Waals surface area contributed by atoms with Crippen molar-refractivity contribution in [3.63, 3.8) is 0 Å². The summed E-state index contributed by atoms with van der Waals surface area (Å²) in [6, 6.07) is 8.00. The number of nitrogens with zero attached hydrogens (tertiary/aromatic N) is 1. The zero-order chi connectivity index (χ0) is 15.1. The first-order valence-corrected chi connectivity index (χ1v) is 8.48. The minimum atomic E-state index is -0.844. The second-order valence-electron chi connectivity index (χ2n) is 4.54. The number of carbonyl (C=O) groups is 1. The molecule has 0 aliphatic rings. The summed E-state index contributed by atoms with van der Waals surface area (Å²) < 4.78 is 6.59. The molecule has 0 spiro atoms. The number of ether oxygens (including phenoxy) is 1. The van der Waals surface area contributed by atoms with E-state index < -0.39 is 5.97 Å². The van der Waals surface area contributed by atoms with Crippen LogP contribution in [0.25, 0.3) is 0 Å². The highest BCUT2D eigenvalue weighted by molar-refractivity contribution is 8.01. The van der Waals surface area contributed by atoms with Crippen molar-refractivity contribution in [2.24, 2.45) is 0 Å². The third kappa shape index (κ3) is 5.77. The standard InChI is InChI=1S/C15H17NO3S2/c1-11-4-2-5-13(8-11)19-6-3-7-20-15-16-12(10-21-15)9-14(17)18/h2,4-5,8,10H,3,6-7,9H2,1H3,(H,17,18). The molecule has 0 fully saturated rings. The molecule has 2 rings (SSSR count). The van der Waals surface area contributed by atoms with E-state index in [1.165, 1.54) is 16.9 Å². The number of thiazole rings is 1. The van der Waals surface area contributed by atoms with Crippen LogP contribution in [0.2, 0.25) is 0 Å². The molecule has 0 aliphatic carbocycles. The molecular formula is C15H17NO3S2. The topological polar surface area (TPSA) is 59.4 Å². The quantitative estimate of drug-likeness (QED) is 0.594. The van der Waals surface area contributed by atoms with Gasteiger partial charge in [0.25, 0.3) is 0 Å². The maximum absolute atomic E-state index is 10.6. The number of thioether (sulfide) groups is 1. The fourth-order valence-corrected chi connectivity index (χ4v) is 3.53.